The predicted octanol–water partition coefficient (Wildman–Crippen LogP) is 1.89. The van der Waals surface area contributed by atoms with Crippen molar-refractivity contribution in [3.8, 4) is 0 Å². The van der Waals surface area contributed by atoms with Gasteiger partial charge in [0, 0.05) is 38.3 Å². The molecule has 1 N–H and O–H groups in total. The first-order chi connectivity index (χ1) is 9.64. The minimum absolute atomic E-state index is 0.107. The zero-order chi connectivity index (χ0) is 15.8. The number of halogens is 3. The van der Waals surface area contributed by atoms with Crippen molar-refractivity contribution in [2.75, 3.05) is 32.1 Å². The number of likely N-dealkylation sites (tertiary alicyclic amines) is 1. The van der Waals surface area contributed by atoms with Crippen molar-refractivity contribution in [2.24, 2.45) is 0 Å². The molecular weight excluding hydrogens is 285 g/mol. The van der Waals surface area contributed by atoms with Crippen LogP contribution in [0.15, 0.2) is 24.3 Å². The Kier molecular flexibility index (Phi) is 3.88. The molecular formula is C14H17F3N2O2. The lowest BCUT2D eigenvalue weighted by Crippen LogP contribution is -2.48. The highest BCUT2D eigenvalue weighted by atomic mass is 19.4. The third kappa shape index (κ3) is 2.97. The Morgan fingerprint density at radius 3 is 2.29 bits per heavy atom. The standard InChI is InChI=1S/C14H17F3N2O2/c1-18(2)11-5-3-10(4-6-11)12(20)19-8-7-13(21,9-19)14(15,16)17/h3-6,21H,7-9H2,1-2H3/t13-/m1/s1. The van der Waals surface area contributed by atoms with Crippen LogP contribution in [0.3, 0.4) is 0 Å². The normalized spacial score (nSPS) is 22.5. The van der Waals surface area contributed by atoms with Crippen LogP contribution in [0.5, 0.6) is 0 Å². The zero-order valence-electron chi connectivity index (χ0n) is 11.8. The maximum absolute atomic E-state index is 12.7. The lowest BCUT2D eigenvalue weighted by atomic mass is 10.0. The van der Waals surface area contributed by atoms with Gasteiger partial charge in [-0.05, 0) is 24.3 Å². The van der Waals surface area contributed by atoms with E-state index in [1.807, 2.05) is 19.0 Å². The summed E-state index contributed by atoms with van der Waals surface area (Å²) in [5, 5.41) is 9.59. The van der Waals surface area contributed by atoms with Crippen molar-refractivity contribution in [1.82, 2.24) is 4.90 Å². The van der Waals surface area contributed by atoms with Gasteiger partial charge >= 0.3 is 6.18 Å². The number of anilines is 1. The van der Waals surface area contributed by atoms with Gasteiger partial charge in [-0.2, -0.15) is 13.2 Å². The number of benzene rings is 1. The molecule has 1 amide bonds. The van der Waals surface area contributed by atoms with E-state index in [1.165, 1.54) is 0 Å². The van der Waals surface area contributed by atoms with Crippen LogP contribution in [-0.4, -0.2) is 54.9 Å². The molecule has 1 aliphatic heterocycles. The maximum atomic E-state index is 12.7. The van der Waals surface area contributed by atoms with Gasteiger partial charge in [-0.25, -0.2) is 0 Å². The quantitative estimate of drug-likeness (QED) is 0.907. The van der Waals surface area contributed by atoms with E-state index in [9.17, 15) is 23.1 Å². The molecule has 1 aromatic rings. The summed E-state index contributed by atoms with van der Waals surface area (Å²) in [7, 11) is 3.70. The van der Waals surface area contributed by atoms with Crippen LogP contribution in [-0.2, 0) is 0 Å². The molecule has 0 spiro atoms. The molecule has 4 nitrogen and oxygen atoms in total. The van der Waals surface area contributed by atoms with Gasteiger partial charge in [0.1, 0.15) is 0 Å². The third-order valence-corrected chi connectivity index (χ3v) is 3.69. The Morgan fingerprint density at radius 2 is 1.86 bits per heavy atom. The Balaban J connectivity index is 2.12. The second-order valence-electron chi connectivity index (χ2n) is 5.45. The van der Waals surface area contributed by atoms with E-state index < -0.39 is 30.7 Å². The van der Waals surface area contributed by atoms with Crippen molar-refractivity contribution in [3.05, 3.63) is 29.8 Å². The first-order valence-electron chi connectivity index (χ1n) is 6.50. The number of hydrogen-bond acceptors (Lipinski definition) is 3. The Labute approximate surface area is 120 Å². The van der Waals surface area contributed by atoms with Crippen LogP contribution in [0.1, 0.15) is 16.8 Å². The predicted molar refractivity (Wildman–Crippen MR) is 72.3 cm³/mol. The van der Waals surface area contributed by atoms with Gasteiger partial charge in [0.15, 0.2) is 5.60 Å². The van der Waals surface area contributed by atoms with Crippen LogP contribution in [0.4, 0.5) is 18.9 Å². The van der Waals surface area contributed by atoms with Gasteiger partial charge in [0.25, 0.3) is 5.91 Å². The van der Waals surface area contributed by atoms with E-state index in [0.29, 0.717) is 5.56 Å². The molecule has 1 aliphatic rings. The fourth-order valence-electron chi connectivity index (χ4n) is 2.28. The summed E-state index contributed by atoms with van der Waals surface area (Å²) >= 11 is 0. The number of rotatable bonds is 2. The number of amides is 1. The summed E-state index contributed by atoms with van der Waals surface area (Å²) in [5.74, 6) is -0.500. The average molecular weight is 302 g/mol. The lowest BCUT2D eigenvalue weighted by molar-refractivity contribution is -0.253. The van der Waals surface area contributed by atoms with Gasteiger partial charge in [-0.1, -0.05) is 0 Å². The third-order valence-electron chi connectivity index (χ3n) is 3.69. The van der Waals surface area contributed by atoms with Crippen LogP contribution < -0.4 is 4.90 Å². The number of carbonyl (C=O) groups excluding carboxylic acids is 1. The molecule has 0 saturated carbocycles. The smallest absolute Gasteiger partial charge is 0.379 e. The molecule has 1 saturated heterocycles. The monoisotopic (exact) mass is 302 g/mol. The molecule has 116 valence electrons. The Morgan fingerprint density at radius 1 is 1.29 bits per heavy atom. The summed E-state index contributed by atoms with van der Waals surface area (Å²) in [6, 6.07) is 6.59. The molecule has 0 aromatic heterocycles. The number of β-amino-alcohol motifs (C(OH)–C–C–N with tert-alkyl or cyclic N) is 1. The summed E-state index contributed by atoms with van der Waals surface area (Å²) in [4.78, 5) is 15.1. The molecule has 1 heterocycles. The molecule has 0 unspecified atom stereocenters. The number of hydrogen-bond donors (Lipinski definition) is 1. The lowest BCUT2D eigenvalue weighted by Gasteiger charge is -2.26. The van der Waals surface area contributed by atoms with E-state index in [4.69, 9.17) is 0 Å². The topological polar surface area (TPSA) is 43.8 Å². The molecule has 2 rings (SSSR count). The van der Waals surface area contributed by atoms with Gasteiger partial charge in [-0.15, -0.1) is 0 Å². The SMILES string of the molecule is CN(C)c1ccc(C(=O)N2CC[C@](O)(C(F)(F)F)C2)cc1. The molecule has 7 heteroatoms. The van der Waals surface area contributed by atoms with E-state index in [1.54, 1.807) is 24.3 Å². The van der Waals surface area contributed by atoms with Crippen molar-refractivity contribution in [3.63, 3.8) is 0 Å². The summed E-state index contributed by atoms with van der Waals surface area (Å²) in [5.41, 5.74) is -1.60. The summed E-state index contributed by atoms with van der Waals surface area (Å²) in [6.45, 7) is -0.824. The molecule has 0 bridgehead atoms. The number of alkyl halides is 3. The van der Waals surface area contributed by atoms with Crippen molar-refractivity contribution >= 4 is 11.6 Å². The van der Waals surface area contributed by atoms with E-state index in [-0.39, 0.29) is 6.54 Å². The first kappa shape index (κ1) is 15.6. The number of nitrogens with zero attached hydrogens (tertiary/aromatic N) is 2. The van der Waals surface area contributed by atoms with E-state index >= 15 is 0 Å². The van der Waals surface area contributed by atoms with Gasteiger partial charge in [0.05, 0.1) is 6.54 Å². The second kappa shape index (κ2) is 5.22. The van der Waals surface area contributed by atoms with Crippen LogP contribution in [0.25, 0.3) is 0 Å². The highest BCUT2D eigenvalue weighted by Gasteiger charge is 2.57. The van der Waals surface area contributed by atoms with Crippen LogP contribution >= 0.6 is 0 Å². The van der Waals surface area contributed by atoms with E-state index in [0.717, 1.165) is 10.6 Å². The fourth-order valence-corrected chi connectivity index (χ4v) is 2.28. The highest BCUT2D eigenvalue weighted by Crippen LogP contribution is 2.38. The molecule has 21 heavy (non-hydrogen) atoms. The van der Waals surface area contributed by atoms with Crippen molar-refractivity contribution in [2.45, 2.75) is 18.2 Å². The van der Waals surface area contributed by atoms with Crippen LogP contribution in [0, 0.1) is 0 Å². The number of aliphatic hydroxyl groups is 1. The maximum Gasteiger partial charge on any atom is 0.419 e. The highest BCUT2D eigenvalue weighted by molar-refractivity contribution is 5.94. The second-order valence-corrected chi connectivity index (χ2v) is 5.45. The van der Waals surface area contributed by atoms with Gasteiger partial charge in [0.2, 0.25) is 0 Å². The largest absolute Gasteiger partial charge is 0.419 e. The molecule has 1 fully saturated rings. The summed E-state index contributed by atoms with van der Waals surface area (Å²) < 4.78 is 38.2. The molecule has 1 aromatic carbocycles. The Hall–Kier alpha value is -1.76. The van der Waals surface area contributed by atoms with Crippen molar-refractivity contribution in [1.29, 1.82) is 0 Å². The molecule has 0 radical (unpaired) electrons. The first-order valence-corrected chi connectivity index (χ1v) is 6.50. The Bertz CT molecular complexity index is 528. The van der Waals surface area contributed by atoms with Crippen LogP contribution in [0.2, 0.25) is 0 Å². The summed E-state index contributed by atoms with van der Waals surface area (Å²) in [6.07, 6.45) is -5.21. The number of carbonyl (C=O) groups is 1. The van der Waals surface area contributed by atoms with E-state index in [2.05, 4.69) is 0 Å². The zero-order valence-corrected chi connectivity index (χ0v) is 11.8. The minimum Gasteiger partial charge on any atom is -0.379 e. The fraction of sp³-hybridized carbons (Fsp3) is 0.500. The average Bonchev–Trinajstić information content (AvgIpc) is 2.81. The minimum atomic E-state index is -4.73. The van der Waals surface area contributed by atoms with Crippen molar-refractivity contribution < 1.29 is 23.1 Å². The van der Waals surface area contributed by atoms with Gasteiger partial charge < -0.3 is 14.9 Å². The molecule has 0 aliphatic carbocycles. The molecule has 1 atom stereocenters. The van der Waals surface area contributed by atoms with Gasteiger partial charge in [-0.3, -0.25) is 4.79 Å².